The number of aliphatic hydroxyl groups excluding tert-OH is 1. The van der Waals surface area contributed by atoms with Crippen molar-refractivity contribution in [2.75, 3.05) is 6.61 Å². The number of nitrogens with two attached hydrogens (primary N) is 1. The van der Waals surface area contributed by atoms with Crippen LogP contribution in [0.15, 0.2) is 43.0 Å². The Kier molecular flexibility index (Phi) is 10.2. The SMILES string of the molecule is CCC(C)C(NC(=O)C(N)CO)C(=O)NC(Cc1c[nH]c2ccccc12)C(=O)NC(Cc1cnc[nH]1)C(=O)O. The standard InChI is InChI=1S/C26H35N7O6/c1-3-14(2)22(33-23(35)18(27)12-34)25(37)31-20(8-15-10-29-19-7-5-4-6-17(15)19)24(36)32-21(26(38)39)9-16-11-28-13-30-16/h4-7,10-11,13-14,18,20-22,29,34H,3,8-9,12,27H2,1-2H3,(H,28,30)(H,31,37)(H,32,36)(H,33,35)(H,38,39). The fraction of sp³-hybridized carbons (Fsp3) is 0.423. The van der Waals surface area contributed by atoms with E-state index in [0.29, 0.717) is 12.1 Å². The molecule has 0 fully saturated rings. The molecule has 0 saturated carbocycles. The van der Waals surface area contributed by atoms with Crippen LogP contribution in [-0.4, -0.2) is 79.6 Å². The van der Waals surface area contributed by atoms with Crippen LogP contribution in [0.5, 0.6) is 0 Å². The highest BCUT2D eigenvalue weighted by atomic mass is 16.4. The van der Waals surface area contributed by atoms with E-state index in [1.165, 1.54) is 12.5 Å². The summed E-state index contributed by atoms with van der Waals surface area (Å²) in [7, 11) is 0. The summed E-state index contributed by atoms with van der Waals surface area (Å²) < 4.78 is 0. The number of para-hydroxylation sites is 1. The molecule has 3 aromatic rings. The third kappa shape index (κ3) is 7.65. The summed E-state index contributed by atoms with van der Waals surface area (Å²) in [5.41, 5.74) is 7.70. The van der Waals surface area contributed by atoms with Crippen LogP contribution < -0.4 is 21.7 Å². The molecule has 3 amide bonds. The molecule has 13 nitrogen and oxygen atoms in total. The van der Waals surface area contributed by atoms with Crippen molar-refractivity contribution in [3.63, 3.8) is 0 Å². The van der Waals surface area contributed by atoms with E-state index in [4.69, 9.17) is 5.73 Å². The first-order chi connectivity index (χ1) is 18.6. The topological polar surface area (TPSA) is 215 Å². The van der Waals surface area contributed by atoms with Gasteiger partial charge in [-0.25, -0.2) is 9.78 Å². The second-order valence-corrected chi connectivity index (χ2v) is 9.47. The van der Waals surface area contributed by atoms with Gasteiger partial charge in [0.1, 0.15) is 24.2 Å². The maximum absolute atomic E-state index is 13.5. The van der Waals surface area contributed by atoms with Crippen LogP contribution in [-0.2, 0) is 32.0 Å². The maximum Gasteiger partial charge on any atom is 0.326 e. The van der Waals surface area contributed by atoms with Crippen molar-refractivity contribution in [3.8, 4) is 0 Å². The lowest BCUT2D eigenvalue weighted by Gasteiger charge is -2.27. The molecule has 0 aliphatic heterocycles. The van der Waals surface area contributed by atoms with E-state index in [0.717, 1.165) is 16.5 Å². The first kappa shape index (κ1) is 29.3. The minimum absolute atomic E-state index is 0.0422. The Balaban J connectivity index is 1.87. The summed E-state index contributed by atoms with van der Waals surface area (Å²) >= 11 is 0. The van der Waals surface area contributed by atoms with Gasteiger partial charge < -0.3 is 41.9 Å². The highest BCUT2D eigenvalue weighted by Gasteiger charge is 2.33. The monoisotopic (exact) mass is 541 g/mol. The first-order valence-corrected chi connectivity index (χ1v) is 12.7. The number of nitrogens with one attached hydrogen (secondary N) is 5. The van der Waals surface area contributed by atoms with Crippen LogP contribution in [0.1, 0.15) is 31.5 Å². The molecule has 39 heavy (non-hydrogen) atoms. The van der Waals surface area contributed by atoms with Gasteiger partial charge in [-0.05, 0) is 17.5 Å². The van der Waals surface area contributed by atoms with E-state index in [-0.39, 0.29) is 18.8 Å². The normalized spacial score (nSPS) is 15.1. The Hall–Kier alpha value is -4.23. The van der Waals surface area contributed by atoms with E-state index in [1.807, 2.05) is 31.2 Å². The van der Waals surface area contributed by atoms with E-state index in [9.17, 15) is 29.4 Å². The largest absolute Gasteiger partial charge is 0.480 e. The summed E-state index contributed by atoms with van der Waals surface area (Å²) in [4.78, 5) is 61.0. The zero-order chi connectivity index (χ0) is 28.5. The number of hydrogen-bond acceptors (Lipinski definition) is 7. The lowest BCUT2D eigenvalue weighted by molar-refractivity contribution is -0.142. The van der Waals surface area contributed by atoms with E-state index >= 15 is 0 Å². The van der Waals surface area contributed by atoms with Gasteiger partial charge in [0.25, 0.3) is 0 Å². The van der Waals surface area contributed by atoms with Crippen molar-refractivity contribution < 1.29 is 29.4 Å². The Morgan fingerprint density at radius 2 is 1.72 bits per heavy atom. The highest BCUT2D eigenvalue weighted by Crippen LogP contribution is 2.20. The number of nitrogens with zero attached hydrogens (tertiary/aromatic N) is 1. The molecule has 210 valence electrons. The second-order valence-electron chi connectivity index (χ2n) is 9.47. The highest BCUT2D eigenvalue weighted by molar-refractivity contribution is 5.95. The van der Waals surface area contributed by atoms with Gasteiger partial charge in [-0.1, -0.05) is 38.5 Å². The lowest BCUT2D eigenvalue weighted by atomic mass is 9.96. The smallest absolute Gasteiger partial charge is 0.326 e. The van der Waals surface area contributed by atoms with E-state index in [2.05, 4.69) is 30.9 Å². The van der Waals surface area contributed by atoms with Gasteiger partial charge >= 0.3 is 5.97 Å². The van der Waals surface area contributed by atoms with Crippen molar-refractivity contribution in [2.45, 2.75) is 57.3 Å². The van der Waals surface area contributed by atoms with Crippen molar-refractivity contribution in [3.05, 3.63) is 54.2 Å². The maximum atomic E-state index is 13.5. The number of carbonyl (C=O) groups is 4. The number of fused-ring (bicyclic) bond motifs is 1. The average molecular weight is 542 g/mol. The quantitative estimate of drug-likeness (QED) is 0.134. The Morgan fingerprint density at radius 1 is 1.00 bits per heavy atom. The number of carboxylic acids is 1. The van der Waals surface area contributed by atoms with Crippen molar-refractivity contribution in [2.24, 2.45) is 11.7 Å². The summed E-state index contributed by atoms with van der Waals surface area (Å²) in [6.07, 6.45) is 5.13. The number of amides is 3. The van der Waals surface area contributed by atoms with Crippen LogP contribution in [0.3, 0.4) is 0 Å². The van der Waals surface area contributed by atoms with Crippen LogP contribution in [0.4, 0.5) is 0 Å². The number of aliphatic hydroxyl groups is 1. The minimum atomic E-state index is -1.28. The molecule has 13 heteroatoms. The summed E-state index contributed by atoms with van der Waals surface area (Å²) in [5, 5.41) is 27.6. The van der Waals surface area contributed by atoms with Gasteiger partial charge in [-0.15, -0.1) is 0 Å². The molecule has 0 aliphatic carbocycles. The van der Waals surface area contributed by atoms with E-state index in [1.54, 1.807) is 13.1 Å². The van der Waals surface area contributed by atoms with Gasteiger partial charge in [0, 0.05) is 41.8 Å². The molecule has 0 radical (unpaired) electrons. The van der Waals surface area contributed by atoms with Gasteiger partial charge in [0.05, 0.1) is 12.9 Å². The Labute approximate surface area is 225 Å². The molecule has 5 unspecified atom stereocenters. The number of aliphatic carboxylic acids is 1. The van der Waals surface area contributed by atoms with Crippen molar-refractivity contribution in [1.82, 2.24) is 30.9 Å². The summed E-state index contributed by atoms with van der Waals surface area (Å²) in [6.45, 7) is 3.00. The van der Waals surface area contributed by atoms with Crippen LogP contribution in [0, 0.1) is 5.92 Å². The third-order valence-electron chi connectivity index (χ3n) is 6.65. The molecule has 0 spiro atoms. The number of rotatable bonds is 14. The molecular formula is C26H35N7O6. The second kappa shape index (κ2) is 13.5. The fourth-order valence-electron chi connectivity index (χ4n) is 4.12. The number of hydrogen-bond donors (Lipinski definition) is 8. The van der Waals surface area contributed by atoms with Crippen LogP contribution >= 0.6 is 0 Å². The molecule has 0 saturated heterocycles. The first-order valence-electron chi connectivity index (χ1n) is 12.7. The molecule has 0 bridgehead atoms. The van der Waals surface area contributed by atoms with Crippen molar-refractivity contribution in [1.29, 1.82) is 0 Å². The number of H-pyrrole nitrogens is 2. The average Bonchev–Trinajstić information content (AvgIpc) is 3.59. The molecule has 2 aromatic heterocycles. The zero-order valence-electron chi connectivity index (χ0n) is 21.8. The predicted molar refractivity (Wildman–Crippen MR) is 142 cm³/mol. The minimum Gasteiger partial charge on any atom is -0.480 e. The number of imidazole rings is 1. The molecule has 1 aromatic carbocycles. The summed E-state index contributed by atoms with van der Waals surface area (Å²) in [6, 6.07) is 2.73. The number of carbonyl (C=O) groups excluding carboxylic acids is 3. The molecule has 5 atom stereocenters. The van der Waals surface area contributed by atoms with Gasteiger partial charge in [-0.2, -0.15) is 0 Å². The van der Waals surface area contributed by atoms with Crippen LogP contribution in [0.2, 0.25) is 0 Å². The molecule has 2 heterocycles. The number of carboxylic acid groups (broad SMARTS) is 1. The zero-order valence-corrected chi connectivity index (χ0v) is 21.8. The van der Waals surface area contributed by atoms with E-state index < -0.39 is 54.5 Å². The number of benzene rings is 1. The molecular weight excluding hydrogens is 506 g/mol. The molecule has 9 N–H and O–H groups in total. The summed E-state index contributed by atoms with van der Waals surface area (Å²) in [5.74, 6) is -3.63. The Morgan fingerprint density at radius 3 is 2.36 bits per heavy atom. The van der Waals surface area contributed by atoms with Gasteiger partial charge in [0.2, 0.25) is 17.7 Å². The van der Waals surface area contributed by atoms with Crippen molar-refractivity contribution >= 4 is 34.6 Å². The Bertz CT molecular complexity index is 1270. The predicted octanol–water partition coefficient (Wildman–Crippen LogP) is -0.419. The molecule has 0 aliphatic rings. The lowest BCUT2D eigenvalue weighted by Crippen LogP contribution is -2.59. The number of aromatic amines is 2. The molecule has 3 rings (SSSR count). The van der Waals surface area contributed by atoms with Gasteiger partial charge in [-0.3, -0.25) is 14.4 Å². The fourth-order valence-corrected chi connectivity index (χ4v) is 4.12. The van der Waals surface area contributed by atoms with Crippen LogP contribution in [0.25, 0.3) is 10.9 Å². The third-order valence-corrected chi connectivity index (χ3v) is 6.65. The number of aromatic nitrogens is 3. The van der Waals surface area contributed by atoms with Gasteiger partial charge in [0.15, 0.2) is 0 Å².